The molecule has 0 aliphatic rings. The third-order valence-electron chi connectivity index (χ3n) is 3.16. The van der Waals surface area contributed by atoms with E-state index in [1.807, 2.05) is 19.9 Å². The lowest BCUT2D eigenvalue weighted by Gasteiger charge is -2.03. The van der Waals surface area contributed by atoms with Gasteiger partial charge in [-0.25, -0.2) is 0 Å². The summed E-state index contributed by atoms with van der Waals surface area (Å²) in [6.07, 6.45) is 3.27. The van der Waals surface area contributed by atoms with Crippen molar-refractivity contribution in [2.45, 2.75) is 13.8 Å². The van der Waals surface area contributed by atoms with Crippen LogP contribution in [0.1, 0.15) is 27.0 Å². The minimum Gasteiger partial charge on any atom is -0.508 e. The Kier molecular flexibility index (Phi) is 3.89. The van der Waals surface area contributed by atoms with Crippen LogP contribution in [0.4, 0.5) is 5.69 Å². The van der Waals surface area contributed by atoms with Crippen molar-refractivity contribution < 1.29 is 9.90 Å². The zero-order chi connectivity index (χ0) is 14.7. The molecule has 0 spiro atoms. The molecule has 0 unspecified atom stereocenters. The normalized spacial score (nSPS) is 10.9. The van der Waals surface area contributed by atoms with E-state index < -0.39 is 0 Å². The van der Waals surface area contributed by atoms with Crippen molar-refractivity contribution in [3.05, 3.63) is 64.7 Å². The van der Waals surface area contributed by atoms with Gasteiger partial charge < -0.3 is 10.8 Å². The minimum atomic E-state index is -0.0618. The number of phenolic OH excluding ortho intramolecular Hbond substituents is 1. The highest BCUT2D eigenvalue weighted by Crippen LogP contribution is 2.18. The van der Waals surface area contributed by atoms with Gasteiger partial charge in [-0.3, -0.25) is 4.79 Å². The lowest BCUT2D eigenvalue weighted by Crippen LogP contribution is -1.99. The molecule has 0 radical (unpaired) electrons. The molecule has 2 aromatic carbocycles. The molecule has 20 heavy (non-hydrogen) atoms. The standard InChI is InChI=1S/C17H17NO2/c1-11-10-14(18)5-6-15(11)17(20)8-4-13-3-7-16(19)12(2)9-13/h3-10,19H,18H2,1-2H3. The quantitative estimate of drug-likeness (QED) is 0.508. The Labute approximate surface area is 118 Å². The molecule has 3 N–H and O–H groups in total. The molecule has 0 bridgehead atoms. The van der Waals surface area contributed by atoms with Crippen LogP contribution in [0.15, 0.2) is 42.5 Å². The number of allylic oxidation sites excluding steroid dienone is 1. The van der Waals surface area contributed by atoms with E-state index in [1.54, 1.807) is 36.4 Å². The number of carbonyl (C=O) groups is 1. The molecule has 0 heterocycles. The first-order chi connectivity index (χ1) is 9.47. The molecule has 0 aliphatic heterocycles. The third kappa shape index (κ3) is 3.06. The first-order valence-corrected chi connectivity index (χ1v) is 6.35. The van der Waals surface area contributed by atoms with E-state index in [1.165, 1.54) is 6.08 Å². The van der Waals surface area contributed by atoms with Crippen LogP contribution in [0.25, 0.3) is 6.08 Å². The molecule has 2 rings (SSSR count). The van der Waals surface area contributed by atoms with E-state index in [-0.39, 0.29) is 11.5 Å². The van der Waals surface area contributed by atoms with E-state index in [0.717, 1.165) is 16.7 Å². The Balaban J connectivity index is 2.22. The SMILES string of the molecule is Cc1cc(C=CC(=O)c2ccc(N)cc2C)ccc1O. The molecule has 0 atom stereocenters. The van der Waals surface area contributed by atoms with Crippen molar-refractivity contribution in [1.29, 1.82) is 0 Å². The highest BCUT2D eigenvalue weighted by molar-refractivity contribution is 6.07. The number of benzene rings is 2. The Hall–Kier alpha value is -2.55. The van der Waals surface area contributed by atoms with Crippen LogP contribution in [-0.2, 0) is 0 Å². The van der Waals surface area contributed by atoms with E-state index in [0.29, 0.717) is 11.3 Å². The average molecular weight is 267 g/mol. The summed E-state index contributed by atoms with van der Waals surface area (Å²) >= 11 is 0. The van der Waals surface area contributed by atoms with Crippen LogP contribution in [0.2, 0.25) is 0 Å². The summed E-state index contributed by atoms with van der Waals surface area (Å²) in [5, 5.41) is 9.46. The van der Waals surface area contributed by atoms with Crippen molar-refractivity contribution in [3.8, 4) is 5.75 Å². The summed E-state index contributed by atoms with van der Waals surface area (Å²) in [6.45, 7) is 3.68. The van der Waals surface area contributed by atoms with Crippen LogP contribution < -0.4 is 5.73 Å². The van der Waals surface area contributed by atoms with Gasteiger partial charge in [0.15, 0.2) is 5.78 Å². The molecule has 0 aliphatic carbocycles. The molecule has 0 fully saturated rings. The minimum absolute atomic E-state index is 0.0618. The monoisotopic (exact) mass is 267 g/mol. The summed E-state index contributed by atoms with van der Waals surface area (Å²) in [6, 6.07) is 10.5. The number of rotatable bonds is 3. The molecule has 3 nitrogen and oxygen atoms in total. The Morgan fingerprint density at radius 2 is 1.85 bits per heavy atom. The van der Waals surface area contributed by atoms with Gasteiger partial charge in [-0.1, -0.05) is 12.1 Å². The van der Waals surface area contributed by atoms with Gasteiger partial charge in [0.2, 0.25) is 0 Å². The van der Waals surface area contributed by atoms with Gasteiger partial charge in [0, 0.05) is 11.3 Å². The Morgan fingerprint density at radius 1 is 1.10 bits per heavy atom. The first-order valence-electron chi connectivity index (χ1n) is 6.35. The van der Waals surface area contributed by atoms with Gasteiger partial charge in [0.05, 0.1) is 0 Å². The number of hydrogen-bond acceptors (Lipinski definition) is 3. The molecule has 0 aromatic heterocycles. The van der Waals surface area contributed by atoms with Crippen molar-refractivity contribution in [1.82, 2.24) is 0 Å². The third-order valence-corrected chi connectivity index (χ3v) is 3.16. The fourth-order valence-corrected chi connectivity index (χ4v) is 2.01. The van der Waals surface area contributed by atoms with E-state index >= 15 is 0 Å². The fourth-order valence-electron chi connectivity index (χ4n) is 2.01. The van der Waals surface area contributed by atoms with Crippen molar-refractivity contribution >= 4 is 17.5 Å². The maximum Gasteiger partial charge on any atom is 0.186 e. The number of hydrogen-bond donors (Lipinski definition) is 2. The van der Waals surface area contributed by atoms with Gasteiger partial charge in [0.1, 0.15) is 5.75 Å². The second-order valence-corrected chi connectivity index (χ2v) is 4.82. The molecular weight excluding hydrogens is 250 g/mol. The number of ketones is 1. The highest BCUT2D eigenvalue weighted by Gasteiger charge is 2.05. The summed E-state index contributed by atoms with van der Waals surface area (Å²) in [4.78, 5) is 12.1. The number of phenols is 1. The second kappa shape index (κ2) is 5.61. The number of aryl methyl sites for hydroxylation is 2. The van der Waals surface area contributed by atoms with Gasteiger partial charge in [0.25, 0.3) is 0 Å². The van der Waals surface area contributed by atoms with Gasteiger partial charge >= 0.3 is 0 Å². The lowest BCUT2D eigenvalue weighted by molar-refractivity contribution is 0.104. The smallest absolute Gasteiger partial charge is 0.186 e. The number of carbonyl (C=O) groups excluding carboxylic acids is 1. The Morgan fingerprint density at radius 3 is 2.50 bits per heavy atom. The van der Waals surface area contributed by atoms with E-state index in [4.69, 9.17) is 5.73 Å². The van der Waals surface area contributed by atoms with Crippen molar-refractivity contribution in [2.75, 3.05) is 5.73 Å². The number of nitrogens with two attached hydrogens (primary N) is 1. The van der Waals surface area contributed by atoms with Crippen molar-refractivity contribution in [3.63, 3.8) is 0 Å². The fraction of sp³-hybridized carbons (Fsp3) is 0.118. The molecule has 0 saturated heterocycles. The molecular formula is C17H17NO2. The Bertz CT molecular complexity index is 687. The zero-order valence-electron chi connectivity index (χ0n) is 11.6. The molecule has 0 saturated carbocycles. The van der Waals surface area contributed by atoms with E-state index in [9.17, 15) is 9.90 Å². The lowest BCUT2D eigenvalue weighted by atomic mass is 10.0. The average Bonchev–Trinajstić information content (AvgIpc) is 2.40. The van der Waals surface area contributed by atoms with E-state index in [2.05, 4.69) is 0 Å². The predicted molar refractivity (Wildman–Crippen MR) is 81.8 cm³/mol. The number of aromatic hydroxyl groups is 1. The van der Waals surface area contributed by atoms with Crippen molar-refractivity contribution in [2.24, 2.45) is 0 Å². The zero-order valence-corrected chi connectivity index (χ0v) is 11.6. The molecule has 0 amide bonds. The van der Waals surface area contributed by atoms with Crippen LogP contribution in [-0.4, -0.2) is 10.9 Å². The maximum atomic E-state index is 12.1. The van der Waals surface area contributed by atoms with Crippen LogP contribution in [0.5, 0.6) is 5.75 Å². The van der Waals surface area contributed by atoms with Gasteiger partial charge in [-0.05, 0) is 66.9 Å². The highest BCUT2D eigenvalue weighted by atomic mass is 16.3. The summed E-state index contributed by atoms with van der Waals surface area (Å²) in [5.74, 6) is 0.191. The van der Waals surface area contributed by atoms with Gasteiger partial charge in [-0.2, -0.15) is 0 Å². The maximum absolute atomic E-state index is 12.1. The number of nitrogen functional groups attached to an aromatic ring is 1. The summed E-state index contributed by atoms with van der Waals surface area (Å²) in [7, 11) is 0. The van der Waals surface area contributed by atoms with Crippen LogP contribution in [0, 0.1) is 13.8 Å². The molecule has 102 valence electrons. The summed E-state index contributed by atoms with van der Waals surface area (Å²) in [5.41, 5.74) is 9.49. The number of anilines is 1. The second-order valence-electron chi connectivity index (χ2n) is 4.82. The predicted octanol–water partition coefficient (Wildman–Crippen LogP) is 3.49. The topological polar surface area (TPSA) is 63.3 Å². The largest absolute Gasteiger partial charge is 0.508 e. The summed E-state index contributed by atoms with van der Waals surface area (Å²) < 4.78 is 0. The van der Waals surface area contributed by atoms with Crippen LogP contribution in [0.3, 0.4) is 0 Å². The van der Waals surface area contributed by atoms with Crippen LogP contribution >= 0.6 is 0 Å². The first kappa shape index (κ1) is 13.9. The molecule has 3 heteroatoms. The van der Waals surface area contributed by atoms with Gasteiger partial charge in [-0.15, -0.1) is 0 Å². The molecule has 2 aromatic rings.